The van der Waals surface area contributed by atoms with Crippen LogP contribution in [-0.2, 0) is 0 Å². The lowest BCUT2D eigenvalue weighted by molar-refractivity contribution is 0.319. The summed E-state index contributed by atoms with van der Waals surface area (Å²) in [4.78, 5) is 0. The first-order chi connectivity index (χ1) is 8.15. The average Bonchev–Trinajstić information content (AvgIpc) is 2.30. The molecule has 2 N–H and O–H groups in total. The zero-order chi connectivity index (χ0) is 12.7. The Bertz CT molecular complexity index is 344. The number of nitrogens with two attached hydrogens (primary N) is 1. The summed E-state index contributed by atoms with van der Waals surface area (Å²) in [6.07, 6.45) is 1.05. The first kappa shape index (κ1) is 14.7. The summed E-state index contributed by atoms with van der Waals surface area (Å²) >= 11 is 8.05. The van der Waals surface area contributed by atoms with E-state index in [2.05, 4.69) is 6.92 Å². The number of rotatable bonds is 7. The van der Waals surface area contributed by atoms with Crippen molar-refractivity contribution in [2.24, 2.45) is 5.73 Å². The van der Waals surface area contributed by atoms with E-state index in [9.17, 15) is 0 Å². The number of hydrogen-bond acceptors (Lipinski definition) is 3. The van der Waals surface area contributed by atoms with Gasteiger partial charge in [-0.15, -0.1) is 0 Å². The van der Waals surface area contributed by atoms with Gasteiger partial charge in [-0.1, -0.05) is 24.6 Å². The molecule has 0 amide bonds. The van der Waals surface area contributed by atoms with Gasteiger partial charge in [0.15, 0.2) is 0 Å². The fraction of sp³-hybridized carbons (Fsp3) is 0.538. The number of ether oxygens (including phenoxy) is 1. The number of hydrogen-bond donors (Lipinski definition) is 1. The molecular weight excluding hydrogens is 254 g/mol. The highest BCUT2D eigenvalue weighted by molar-refractivity contribution is 7.99. The third-order valence-corrected chi connectivity index (χ3v) is 3.66. The lowest BCUT2D eigenvalue weighted by Crippen LogP contribution is -2.05. The topological polar surface area (TPSA) is 35.2 Å². The molecule has 0 aromatic heterocycles. The molecule has 1 rings (SSSR count). The van der Waals surface area contributed by atoms with Gasteiger partial charge < -0.3 is 10.5 Å². The van der Waals surface area contributed by atoms with E-state index in [1.807, 2.05) is 36.9 Å². The van der Waals surface area contributed by atoms with E-state index >= 15 is 0 Å². The Balaban J connectivity index is 2.43. The first-order valence-corrected chi connectivity index (χ1v) is 7.44. The van der Waals surface area contributed by atoms with Crippen molar-refractivity contribution in [3.05, 3.63) is 28.8 Å². The summed E-state index contributed by atoms with van der Waals surface area (Å²) in [7, 11) is 0. The molecule has 0 aliphatic rings. The number of thioether (sulfide) groups is 1. The van der Waals surface area contributed by atoms with Crippen LogP contribution in [0.2, 0.25) is 5.02 Å². The molecule has 0 fully saturated rings. The zero-order valence-electron chi connectivity index (χ0n) is 10.4. The predicted molar refractivity (Wildman–Crippen MR) is 77.2 cm³/mol. The molecule has 17 heavy (non-hydrogen) atoms. The van der Waals surface area contributed by atoms with Gasteiger partial charge in [0, 0.05) is 6.04 Å². The summed E-state index contributed by atoms with van der Waals surface area (Å²) in [5.41, 5.74) is 6.82. The monoisotopic (exact) mass is 273 g/mol. The van der Waals surface area contributed by atoms with Crippen molar-refractivity contribution in [3.63, 3.8) is 0 Å². The van der Waals surface area contributed by atoms with Crippen LogP contribution in [0.25, 0.3) is 0 Å². The number of benzene rings is 1. The SMILES string of the molecule is CCSCCCOc1ccc(C(C)N)cc1Cl. The maximum absolute atomic E-state index is 6.13. The summed E-state index contributed by atoms with van der Waals surface area (Å²) in [5, 5.41) is 0.642. The molecule has 0 saturated heterocycles. The van der Waals surface area contributed by atoms with Crippen molar-refractivity contribution in [3.8, 4) is 5.75 Å². The summed E-state index contributed by atoms with van der Waals surface area (Å²) in [5.74, 6) is 3.04. The molecule has 4 heteroatoms. The highest BCUT2D eigenvalue weighted by atomic mass is 35.5. The minimum atomic E-state index is 0.00232. The largest absolute Gasteiger partial charge is 0.492 e. The standard InChI is InChI=1S/C13H20ClNOS/c1-3-17-8-4-7-16-13-6-5-11(10(2)15)9-12(13)14/h5-6,9-10H,3-4,7-8,15H2,1-2H3. The zero-order valence-corrected chi connectivity index (χ0v) is 12.0. The Labute approximate surface area is 113 Å². The van der Waals surface area contributed by atoms with Crippen molar-refractivity contribution in [1.29, 1.82) is 0 Å². The van der Waals surface area contributed by atoms with Crippen LogP contribution in [0.15, 0.2) is 18.2 Å². The van der Waals surface area contributed by atoms with Gasteiger partial charge in [0.25, 0.3) is 0 Å². The van der Waals surface area contributed by atoms with Gasteiger partial charge in [-0.3, -0.25) is 0 Å². The van der Waals surface area contributed by atoms with E-state index < -0.39 is 0 Å². The molecule has 96 valence electrons. The van der Waals surface area contributed by atoms with Crippen molar-refractivity contribution in [2.75, 3.05) is 18.1 Å². The Morgan fingerprint density at radius 2 is 2.24 bits per heavy atom. The molecule has 0 bridgehead atoms. The maximum Gasteiger partial charge on any atom is 0.137 e. The second-order valence-electron chi connectivity index (χ2n) is 3.88. The van der Waals surface area contributed by atoms with Crippen LogP contribution in [0.3, 0.4) is 0 Å². The first-order valence-electron chi connectivity index (χ1n) is 5.90. The molecule has 0 spiro atoms. The summed E-state index contributed by atoms with van der Waals surface area (Å²) < 4.78 is 5.63. The third kappa shape index (κ3) is 5.19. The van der Waals surface area contributed by atoms with Crippen LogP contribution < -0.4 is 10.5 Å². The average molecular weight is 274 g/mol. The van der Waals surface area contributed by atoms with Crippen LogP contribution in [0.4, 0.5) is 0 Å². The smallest absolute Gasteiger partial charge is 0.137 e. The third-order valence-electron chi connectivity index (χ3n) is 2.38. The van der Waals surface area contributed by atoms with Crippen molar-refractivity contribution < 1.29 is 4.74 Å². The fourth-order valence-electron chi connectivity index (χ4n) is 1.40. The Morgan fingerprint density at radius 3 is 2.82 bits per heavy atom. The molecule has 1 aromatic rings. The van der Waals surface area contributed by atoms with Crippen LogP contribution in [0, 0.1) is 0 Å². The highest BCUT2D eigenvalue weighted by Gasteiger charge is 2.05. The molecule has 2 nitrogen and oxygen atoms in total. The Kier molecular flexibility index (Phi) is 6.78. The minimum absolute atomic E-state index is 0.00232. The normalized spacial score (nSPS) is 12.5. The van der Waals surface area contributed by atoms with E-state index in [1.54, 1.807) is 0 Å². The molecule has 0 radical (unpaired) electrons. The fourth-order valence-corrected chi connectivity index (χ4v) is 2.26. The second kappa shape index (κ2) is 7.85. The molecule has 1 aromatic carbocycles. The van der Waals surface area contributed by atoms with Crippen LogP contribution in [0.1, 0.15) is 31.9 Å². The van der Waals surface area contributed by atoms with E-state index in [-0.39, 0.29) is 6.04 Å². The second-order valence-corrected chi connectivity index (χ2v) is 5.68. The van der Waals surface area contributed by atoms with Gasteiger partial charge in [-0.2, -0.15) is 11.8 Å². The molecule has 0 saturated carbocycles. The minimum Gasteiger partial charge on any atom is -0.492 e. The van der Waals surface area contributed by atoms with E-state index in [0.717, 1.165) is 29.2 Å². The summed E-state index contributed by atoms with van der Waals surface area (Å²) in [6.45, 7) is 4.81. The van der Waals surface area contributed by atoms with Gasteiger partial charge in [0.1, 0.15) is 5.75 Å². The molecular formula is C13H20ClNOS. The van der Waals surface area contributed by atoms with E-state index in [0.29, 0.717) is 11.6 Å². The molecule has 0 aliphatic carbocycles. The van der Waals surface area contributed by atoms with Gasteiger partial charge in [-0.25, -0.2) is 0 Å². The van der Waals surface area contributed by atoms with Crippen molar-refractivity contribution >= 4 is 23.4 Å². The summed E-state index contributed by atoms with van der Waals surface area (Å²) in [6, 6.07) is 5.74. The van der Waals surface area contributed by atoms with Gasteiger partial charge >= 0.3 is 0 Å². The Morgan fingerprint density at radius 1 is 1.47 bits per heavy atom. The molecule has 1 atom stereocenters. The van der Waals surface area contributed by atoms with Crippen LogP contribution >= 0.6 is 23.4 Å². The van der Waals surface area contributed by atoms with Crippen LogP contribution in [0.5, 0.6) is 5.75 Å². The predicted octanol–water partition coefficient (Wildman–Crippen LogP) is 3.88. The quantitative estimate of drug-likeness (QED) is 0.766. The lowest BCUT2D eigenvalue weighted by Gasteiger charge is -2.11. The highest BCUT2D eigenvalue weighted by Crippen LogP contribution is 2.27. The van der Waals surface area contributed by atoms with Crippen molar-refractivity contribution in [2.45, 2.75) is 26.3 Å². The lowest BCUT2D eigenvalue weighted by atomic mass is 10.1. The number of halogens is 1. The van der Waals surface area contributed by atoms with Gasteiger partial charge in [0.2, 0.25) is 0 Å². The molecule has 0 heterocycles. The Hall–Kier alpha value is -0.380. The van der Waals surface area contributed by atoms with E-state index in [1.165, 1.54) is 0 Å². The molecule has 1 unspecified atom stereocenters. The maximum atomic E-state index is 6.13. The van der Waals surface area contributed by atoms with E-state index in [4.69, 9.17) is 22.1 Å². The van der Waals surface area contributed by atoms with Gasteiger partial charge in [-0.05, 0) is 42.5 Å². The molecule has 0 aliphatic heterocycles. The van der Waals surface area contributed by atoms with Gasteiger partial charge in [0.05, 0.1) is 11.6 Å². The van der Waals surface area contributed by atoms with Crippen molar-refractivity contribution in [1.82, 2.24) is 0 Å². The van der Waals surface area contributed by atoms with Crippen LogP contribution in [-0.4, -0.2) is 18.1 Å².